The molecule has 2 N–H and O–H groups in total. The minimum Gasteiger partial charge on any atom is -0.495 e. The molecule has 0 bridgehead atoms. The molecule has 8 heteroatoms. The quantitative estimate of drug-likeness (QED) is 0.787. The van der Waals surface area contributed by atoms with E-state index in [4.69, 9.17) is 4.74 Å². The van der Waals surface area contributed by atoms with Crippen LogP contribution in [0.15, 0.2) is 41.8 Å². The maximum absolute atomic E-state index is 11.7. The lowest BCUT2D eigenvalue weighted by molar-refractivity contribution is -0.117. The first-order valence-electron chi connectivity index (χ1n) is 7.03. The third-order valence-corrected chi connectivity index (χ3v) is 3.84. The Bertz CT molecular complexity index is 687. The van der Waals surface area contributed by atoms with Gasteiger partial charge in [-0.1, -0.05) is 23.9 Å². The van der Waals surface area contributed by atoms with E-state index in [0.717, 1.165) is 5.69 Å². The fraction of sp³-hybridized carbons (Fsp3) is 0.267. The molecule has 0 radical (unpaired) electrons. The van der Waals surface area contributed by atoms with E-state index in [1.165, 1.54) is 11.8 Å². The largest absolute Gasteiger partial charge is 0.495 e. The number of benzene rings is 1. The fourth-order valence-corrected chi connectivity index (χ4v) is 2.67. The Morgan fingerprint density at radius 1 is 1.35 bits per heavy atom. The first kappa shape index (κ1) is 16.9. The smallest absolute Gasteiger partial charge is 0.321 e. The minimum atomic E-state index is -0.494. The van der Waals surface area contributed by atoms with E-state index in [9.17, 15) is 9.59 Å². The lowest BCUT2D eigenvalue weighted by atomic mass is 10.3. The lowest BCUT2D eigenvalue weighted by Crippen LogP contribution is -2.40. The SMILES string of the molecule is CCNC(=O)NC(=O)CSc1nccn1-c1ccccc1OC. The van der Waals surface area contributed by atoms with Crippen molar-refractivity contribution in [3.05, 3.63) is 36.7 Å². The van der Waals surface area contributed by atoms with Gasteiger partial charge in [-0.25, -0.2) is 9.78 Å². The summed E-state index contributed by atoms with van der Waals surface area (Å²) in [5, 5.41) is 5.40. The topological polar surface area (TPSA) is 85.3 Å². The molecule has 122 valence electrons. The molecule has 0 unspecified atom stereocenters. The van der Waals surface area contributed by atoms with Crippen molar-refractivity contribution in [2.45, 2.75) is 12.1 Å². The van der Waals surface area contributed by atoms with Crippen LogP contribution in [0.4, 0.5) is 4.79 Å². The average molecular weight is 334 g/mol. The van der Waals surface area contributed by atoms with Gasteiger partial charge in [0, 0.05) is 18.9 Å². The molecule has 1 aromatic carbocycles. The summed E-state index contributed by atoms with van der Waals surface area (Å²) in [6, 6.07) is 7.04. The zero-order valence-corrected chi connectivity index (χ0v) is 13.7. The summed E-state index contributed by atoms with van der Waals surface area (Å²) >= 11 is 1.24. The van der Waals surface area contributed by atoms with Crippen molar-refractivity contribution in [1.82, 2.24) is 20.2 Å². The van der Waals surface area contributed by atoms with E-state index >= 15 is 0 Å². The lowest BCUT2D eigenvalue weighted by Gasteiger charge is -2.11. The Morgan fingerprint density at radius 3 is 2.87 bits per heavy atom. The van der Waals surface area contributed by atoms with Gasteiger partial charge in [0.05, 0.1) is 18.6 Å². The van der Waals surface area contributed by atoms with Crippen LogP contribution in [-0.2, 0) is 4.79 Å². The molecule has 0 aliphatic rings. The van der Waals surface area contributed by atoms with Crippen LogP contribution in [0, 0.1) is 0 Å². The number of thioether (sulfide) groups is 1. The number of aromatic nitrogens is 2. The number of imidazole rings is 1. The highest BCUT2D eigenvalue weighted by Gasteiger charge is 2.13. The number of imide groups is 1. The molecule has 3 amide bonds. The van der Waals surface area contributed by atoms with Crippen molar-refractivity contribution >= 4 is 23.7 Å². The first-order chi connectivity index (χ1) is 11.2. The number of hydrogen-bond acceptors (Lipinski definition) is 5. The van der Waals surface area contributed by atoms with Crippen molar-refractivity contribution in [2.75, 3.05) is 19.4 Å². The standard InChI is InChI=1S/C15H18N4O3S/c1-3-16-14(21)18-13(20)10-23-15-17-8-9-19(15)11-6-4-5-7-12(11)22-2/h4-9H,3,10H2,1-2H3,(H2,16,18,20,21). The van der Waals surface area contributed by atoms with Crippen LogP contribution in [0.3, 0.4) is 0 Å². The Kier molecular flexibility index (Phi) is 6.04. The summed E-state index contributed by atoms with van der Waals surface area (Å²) in [5.74, 6) is 0.415. The molecule has 7 nitrogen and oxygen atoms in total. The van der Waals surface area contributed by atoms with Gasteiger partial charge in [0.1, 0.15) is 5.75 Å². The number of carbonyl (C=O) groups excluding carboxylic acids is 2. The summed E-state index contributed by atoms with van der Waals surface area (Å²) in [5.41, 5.74) is 0.833. The molecular weight excluding hydrogens is 316 g/mol. The average Bonchev–Trinajstić information content (AvgIpc) is 3.01. The highest BCUT2D eigenvalue weighted by Crippen LogP contribution is 2.26. The number of ether oxygens (including phenoxy) is 1. The molecule has 0 spiro atoms. The third-order valence-electron chi connectivity index (χ3n) is 2.87. The number of carbonyl (C=O) groups is 2. The van der Waals surface area contributed by atoms with Crippen LogP contribution in [0.1, 0.15) is 6.92 Å². The summed E-state index contributed by atoms with van der Waals surface area (Å²) in [6.45, 7) is 2.24. The van der Waals surface area contributed by atoms with Crippen LogP contribution in [0.5, 0.6) is 5.75 Å². The van der Waals surface area contributed by atoms with Gasteiger partial charge in [0.2, 0.25) is 5.91 Å². The zero-order valence-electron chi connectivity index (χ0n) is 12.9. The molecule has 0 saturated heterocycles. The Balaban J connectivity index is 2.04. The van der Waals surface area contributed by atoms with Crippen LogP contribution in [-0.4, -0.2) is 40.9 Å². The number of nitrogens with zero attached hydrogens (tertiary/aromatic N) is 2. The Morgan fingerprint density at radius 2 is 2.13 bits per heavy atom. The van der Waals surface area contributed by atoms with E-state index in [0.29, 0.717) is 17.5 Å². The van der Waals surface area contributed by atoms with Gasteiger partial charge < -0.3 is 10.1 Å². The second-order valence-corrected chi connectivity index (χ2v) is 5.39. The normalized spacial score (nSPS) is 10.2. The van der Waals surface area contributed by atoms with Crippen LogP contribution >= 0.6 is 11.8 Å². The third kappa shape index (κ3) is 4.49. The summed E-state index contributed by atoms with van der Waals surface area (Å²) in [7, 11) is 1.60. The van der Waals surface area contributed by atoms with Crippen LogP contribution < -0.4 is 15.4 Å². The van der Waals surface area contributed by atoms with E-state index in [2.05, 4.69) is 15.6 Å². The molecule has 0 aliphatic carbocycles. The fourth-order valence-electron chi connectivity index (χ4n) is 1.91. The zero-order chi connectivity index (χ0) is 16.7. The highest BCUT2D eigenvalue weighted by atomic mass is 32.2. The van der Waals surface area contributed by atoms with Crippen molar-refractivity contribution in [3.63, 3.8) is 0 Å². The summed E-state index contributed by atoms with van der Waals surface area (Å²) in [4.78, 5) is 27.3. The second kappa shape index (κ2) is 8.23. The molecule has 2 rings (SSSR count). The van der Waals surface area contributed by atoms with Gasteiger partial charge in [0.15, 0.2) is 5.16 Å². The molecular formula is C15H18N4O3S. The molecule has 1 heterocycles. The molecule has 23 heavy (non-hydrogen) atoms. The first-order valence-corrected chi connectivity index (χ1v) is 8.01. The van der Waals surface area contributed by atoms with Gasteiger partial charge in [-0.2, -0.15) is 0 Å². The molecule has 0 atom stereocenters. The number of amides is 3. The Hall–Kier alpha value is -2.48. The predicted molar refractivity (Wildman–Crippen MR) is 88.1 cm³/mol. The molecule has 0 fully saturated rings. The molecule has 0 aliphatic heterocycles. The Labute approximate surface area is 138 Å². The van der Waals surface area contributed by atoms with Gasteiger partial charge in [-0.05, 0) is 19.1 Å². The number of rotatable bonds is 6. The summed E-state index contributed by atoms with van der Waals surface area (Å²) < 4.78 is 7.18. The van der Waals surface area contributed by atoms with E-state index in [1.54, 1.807) is 26.4 Å². The number of nitrogens with one attached hydrogen (secondary N) is 2. The number of hydrogen-bond donors (Lipinski definition) is 2. The number of methoxy groups -OCH3 is 1. The predicted octanol–water partition coefficient (Wildman–Crippen LogP) is 1.82. The van der Waals surface area contributed by atoms with Crippen LogP contribution in [0.2, 0.25) is 0 Å². The monoisotopic (exact) mass is 334 g/mol. The van der Waals surface area contributed by atoms with Gasteiger partial charge in [-0.15, -0.1) is 0 Å². The van der Waals surface area contributed by atoms with Gasteiger partial charge >= 0.3 is 6.03 Å². The second-order valence-electron chi connectivity index (χ2n) is 4.45. The molecule has 2 aromatic rings. The van der Waals surface area contributed by atoms with E-state index < -0.39 is 6.03 Å². The maximum atomic E-state index is 11.7. The van der Waals surface area contributed by atoms with Crippen molar-refractivity contribution < 1.29 is 14.3 Å². The van der Waals surface area contributed by atoms with E-state index in [-0.39, 0.29) is 11.7 Å². The van der Waals surface area contributed by atoms with Crippen LogP contribution in [0.25, 0.3) is 5.69 Å². The van der Waals surface area contributed by atoms with E-state index in [1.807, 2.05) is 28.8 Å². The number of urea groups is 1. The van der Waals surface area contributed by atoms with Crippen molar-refractivity contribution in [2.24, 2.45) is 0 Å². The maximum Gasteiger partial charge on any atom is 0.321 e. The van der Waals surface area contributed by atoms with Gasteiger partial charge in [0.25, 0.3) is 0 Å². The molecule has 0 saturated carbocycles. The molecule has 1 aromatic heterocycles. The highest BCUT2D eigenvalue weighted by molar-refractivity contribution is 7.99. The van der Waals surface area contributed by atoms with Crippen molar-refractivity contribution in [1.29, 1.82) is 0 Å². The summed E-state index contributed by atoms with van der Waals surface area (Å²) in [6.07, 6.45) is 3.44. The minimum absolute atomic E-state index is 0.0866. The number of para-hydroxylation sites is 2. The van der Waals surface area contributed by atoms with Gasteiger partial charge in [-0.3, -0.25) is 14.7 Å². The van der Waals surface area contributed by atoms with Crippen molar-refractivity contribution in [3.8, 4) is 11.4 Å².